The van der Waals surface area contributed by atoms with Crippen LogP contribution in [0.2, 0.25) is 0 Å². The van der Waals surface area contributed by atoms with Gasteiger partial charge in [0.25, 0.3) is 0 Å². The Morgan fingerprint density at radius 2 is 2.27 bits per heavy atom. The molecule has 0 bridgehead atoms. The lowest BCUT2D eigenvalue weighted by molar-refractivity contribution is -0.122. The summed E-state index contributed by atoms with van der Waals surface area (Å²) in [5, 5.41) is 6.88. The average Bonchev–Trinajstić information content (AvgIpc) is 2.60. The van der Waals surface area contributed by atoms with E-state index in [0.29, 0.717) is 5.82 Å². The Kier molecular flexibility index (Phi) is 4.15. The molecule has 0 fully saturated rings. The van der Waals surface area contributed by atoms with Crippen LogP contribution in [0.1, 0.15) is 26.7 Å². The van der Waals surface area contributed by atoms with Crippen molar-refractivity contribution in [3.8, 4) is 0 Å². The highest BCUT2D eigenvalue weighted by molar-refractivity contribution is 5.75. The lowest BCUT2D eigenvalue weighted by Gasteiger charge is -2.14. The van der Waals surface area contributed by atoms with E-state index in [1.165, 1.54) is 4.68 Å². The minimum Gasteiger partial charge on any atom is -0.382 e. The topological polar surface area (TPSA) is 72.9 Å². The number of nitrogen functional groups attached to an aromatic ring is 1. The van der Waals surface area contributed by atoms with E-state index in [9.17, 15) is 4.79 Å². The highest BCUT2D eigenvalue weighted by atomic mass is 16.2. The van der Waals surface area contributed by atoms with Gasteiger partial charge in [0.05, 0.1) is 0 Å². The summed E-state index contributed by atoms with van der Waals surface area (Å²) in [6, 6.07) is 1.93. The second kappa shape index (κ2) is 5.38. The first kappa shape index (κ1) is 11.6. The normalized spacial score (nSPS) is 10.6. The zero-order valence-corrected chi connectivity index (χ0v) is 9.23. The molecule has 0 saturated heterocycles. The quantitative estimate of drug-likeness (QED) is 0.754. The molecule has 0 atom stereocenters. The molecular formula is C10H18N4O. The van der Waals surface area contributed by atoms with E-state index in [1.54, 1.807) is 12.3 Å². The molecule has 5 heteroatoms. The van der Waals surface area contributed by atoms with Gasteiger partial charge in [-0.3, -0.25) is 9.48 Å². The number of nitrogens with zero attached hydrogens (tertiary/aromatic N) is 2. The van der Waals surface area contributed by atoms with Crippen LogP contribution < -0.4 is 11.1 Å². The molecule has 0 aliphatic heterocycles. The summed E-state index contributed by atoms with van der Waals surface area (Å²) >= 11 is 0. The molecule has 0 unspecified atom stereocenters. The summed E-state index contributed by atoms with van der Waals surface area (Å²) in [5.41, 5.74) is 5.44. The van der Waals surface area contributed by atoms with E-state index in [4.69, 9.17) is 5.73 Å². The molecule has 1 aromatic heterocycles. The molecule has 15 heavy (non-hydrogen) atoms. The van der Waals surface area contributed by atoms with Crippen LogP contribution >= 0.6 is 0 Å². The van der Waals surface area contributed by atoms with Crippen LogP contribution in [0.5, 0.6) is 0 Å². The largest absolute Gasteiger partial charge is 0.382 e. The van der Waals surface area contributed by atoms with Crippen molar-refractivity contribution in [2.24, 2.45) is 0 Å². The third-order valence-corrected chi connectivity index (χ3v) is 2.32. The van der Waals surface area contributed by atoms with Gasteiger partial charge in [0.2, 0.25) is 5.91 Å². The number of nitrogens with two attached hydrogens (primary N) is 1. The third kappa shape index (κ3) is 3.61. The molecule has 1 aromatic rings. The standard InChI is InChI=1S/C10H18N4O/c1-3-8(4-2)12-10(15)7-14-6-5-9(11)13-14/h5-6,8H,3-4,7H2,1-2H3,(H2,11,13)(H,12,15). The van der Waals surface area contributed by atoms with Crippen LogP contribution in [-0.2, 0) is 11.3 Å². The fourth-order valence-corrected chi connectivity index (χ4v) is 1.38. The number of amides is 1. The van der Waals surface area contributed by atoms with Crippen LogP contribution in [0, 0.1) is 0 Å². The molecule has 1 amide bonds. The summed E-state index contributed by atoms with van der Waals surface area (Å²) in [6.07, 6.45) is 3.59. The van der Waals surface area contributed by atoms with Crippen LogP contribution in [0.3, 0.4) is 0 Å². The van der Waals surface area contributed by atoms with E-state index in [2.05, 4.69) is 24.3 Å². The average molecular weight is 210 g/mol. The predicted molar refractivity (Wildman–Crippen MR) is 59.2 cm³/mol. The SMILES string of the molecule is CCC(CC)NC(=O)Cn1ccc(N)n1. The molecule has 1 rings (SSSR count). The van der Waals surface area contributed by atoms with Crippen molar-refractivity contribution in [2.75, 3.05) is 5.73 Å². The van der Waals surface area contributed by atoms with Gasteiger partial charge < -0.3 is 11.1 Å². The Bertz CT molecular complexity index is 317. The fraction of sp³-hybridized carbons (Fsp3) is 0.600. The number of carbonyl (C=O) groups excluding carboxylic acids is 1. The van der Waals surface area contributed by atoms with E-state index in [1.807, 2.05) is 0 Å². The second-order valence-electron chi connectivity index (χ2n) is 3.52. The first-order valence-corrected chi connectivity index (χ1v) is 5.24. The van der Waals surface area contributed by atoms with Gasteiger partial charge in [0.15, 0.2) is 0 Å². The lowest BCUT2D eigenvalue weighted by atomic mass is 10.2. The van der Waals surface area contributed by atoms with Gasteiger partial charge >= 0.3 is 0 Å². The minimum atomic E-state index is -0.0215. The third-order valence-electron chi connectivity index (χ3n) is 2.32. The zero-order valence-electron chi connectivity index (χ0n) is 9.23. The number of hydrogen-bond acceptors (Lipinski definition) is 3. The van der Waals surface area contributed by atoms with Crippen LogP contribution in [0.15, 0.2) is 12.3 Å². The molecule has 5 nitrogen and oxygen atoms in total. The van der Waals surface area contributed by atoms with Gasteiger partial charge in [0.1, 0.15) is 12.4 Å². The Morgan fingerprint density at radius 3 is 2.73 bits per heavy atom. The molecule has 0 radical (unpaired) electrons. The minimum absolute atomic E-state index is 0.0215. The maximum absolute atomic E-state index is 11.5. The molecule has 84 valence electrons. The van der Waals surface area contributed by atoms with Crippen molar-refractivity contribution in [3.63, 3.8) is 0 Å². The fourth-order valence-electron chi connectivity index (χ4n) is 1.38. The van der Waals surface area contributed by atoms with Crippen LogP contribution in [-0.4, -0.2) is 21.7 Å². The summed E-state index contributed by atoms with van der Waals surface area (Å²) in [7, 11) is 0. The van der Waals surface area contributed by atoms with E-state index >= 15 is 0 Å². The van der Waals surface area contributed by atoms with Gasteiger partial charge in [0, 0.05) is 12.2 Å². The second-order valence-corrected chi connectivity index (χ2v) is 3.52. The number of aromatic nitrogens is 2. The number of rotatable bonds is 5. The van der Waals surface area contributed by atoms with Crippen molar-refractivity contribution < 1.29 is 4.79 Å². The molecule has 1 heterocycles. The highest BCUT2D eigenvalue weighted by Crippen LogP contribution is 1.98. The highest BCUT2D eigenvalue weighted by Gasteiger charge is 2.08. The maximum Gasteiger partial charge on any atom is 0.241 e. The molecular weight excluding hydrogens is 192 g/mol. The number of carbonyl (C=O) groups is 1. The van der Waals surface area contributed by atoms with Gasteiger partial charge in [-0.1, -0.05) is 13.8 Å². The Labute approximate surface area is 89.6 Å². The summed E-state index contributed by atoms with van der Waals surface area (Å²) < 4.78 is 1.53. The van der Waals surface area contributed by atoms with Crippen molar-refractivity contribution in [1.82, 2.24) is 15.1 Å². The number of anilines is 1. The van der Waals surface area contributed by atoms with Crippen molar-refractivity contribution >= 4 is 11.7 Å². The molecule has 0 spiro atoms. The molecule has 3 N–H and O–H groups in total. The number of hydrogen-bond donors (Lipinski definition) is 2. The van der Waals surface area contributed by atoms with E-state index < -0.39 is 0 Å². The predicted octanol–water partition coefficient (Wildman–Crippen LogP) is 0.770. The summed E-state index contributed by atoms with van der Waals surface area (Å²) in [5.74, 6) is 0.414. The molecule has 0 aromatic carbocycles. The molecule has 0 aliphatic carbocycles. The van der Waals surface area contributed by atoms with Crippen molar-refractivity contribution in [3.05, 3.63) is 12.3 Å². The Hall–Kier alpha value is -1.52. The van der Waals surface area contributed by atoms with Gasteiger partial charge in [-0.05, 0) is 18.9 Å². The molecule has 0 aliphatic rings. The van der Waals surface area contributed by atoms with Gasteiger partial charge in [-0.25, -0.2) is 0 Å². The first-order chi connectivity index (χ1) is 7.15. The van der Waals surface area contributed by atoms with Crippen LogP contribution in [0.4, 0.5) is 5.82 Å². The maximum atomic E-state index is 11.5. The van der Waals surface area contributed by atoms with E-state index in [-0.39, 0.29) is 18.5 Å². The monoisotopic (exact) mass is 210 g/mol. The smallest absolute Gasteiger partial charge is 0.241 e. The lowest BCUT2D eigenvalue weighted by Crippen LogP contribution is -2.36. The Morgan fingerprint density at radius 1 is 1.60 bits per heavy atom. The van der Waals surface area contributed by atoms with Crippen molar-refractivity contribution in [2.45, 2.75) is 39.3 Å². The summed E-state index contributed by atoms with van der Waals surface area (Å²) in [4.78, 5) is 11.5. The van der Waals surface area contributed by atoms with Gasteiger partial charge in [-0.15, -0.1) is 0 Å². The summed E-state index contributed by atoms with van der Waals surface area (Å²) in [6.45, 7) is 4.34. The van der Waals surface area contributed by atoms with Crippen LogP contribution in [0.25, 0.3) is 0 Å². The molecule has 0 saturated carbocycles. The van der Waals surface area contributed by atoms with Crippen molar-refractivity contribution in [1.29, 1.82) is 0 Å². The van der Waals surface area contributed by atoms with Gasteiger partial charge in [-0.2, -0.15) is 5.10 Å². The Balaban J connectivity index is 2.42. The zero-order chi connectivity index (χ0) is 11.3. The van der Waals surface area contributed by atoms with E-state index in [0.717, 1.165) is 12.8 Å². The first-order valence-electron chi connectivity index (χ1n) is 5.24. The number of nitrogens with one attached hydrogen (secondary N) is 1.